The van der Waals surface area contributed by atoms with Crippen molar-refractivity contribution >= 4 is 17.7 Å². The number of piperazine rings is 1. The number of amides is 1. The maximum absolute atomic E-state index is 12.7. The summed E-state index contributed by atoms with van der Waals surface area (Å²) in [4.78, 5) is 20.8. The second-order valence-corrected chi connectivity index (χ2v) is 8.51. The second kappa shape index (κ2) is 9.22. The smallest absolute Gasteiger partial charge is 0.227 e. The van der Waals surface area contributed by atoms with Crippen LogP contribution in [0, 0.1) is 11.8 Å². The predicted octanol–water partition coefficient (Wildman–Crippen LogP) is 1.27. The Morgan fingerprint density at radius 3 is 2.38 bits per heavy atom. The first-order chi connectivity index (χ1) is 12.6. The zero-order valence-corrected chi connectivity index (χ0v) is 16.7. The number of nitrogens with zero attached hydrogens (tertiary/aromatic N) is 3. The first-order valence-electron chi connectivity index (χ1n) is 9.51. The van der Waals surface area contributed by atoms with E-state index in [1.807, 2.05) is 17.0 Å². The van der Waals surface area contributed by atoms with E-state index >= 15 is 0 Å². The maximum Gasteiger partial charge on any atom is 0.227 e. The molecule has 1 aromatic rings. The number of likely N-dealkylation sites (N-methyl/N-ethyl adjacent to an activating group) is 1. The highest BCUT2D eigenvalue weighted by molar-refractivity contribution is 7.98. The van der Waals surface area contributed by atoms with Crippen molar-refractivity contribution in [3.63, 3.8) is 0 Å². The molecule has 0 aromatic heterocycles. The van der Waals surface area contributed by atoms with Crippen LogP contribution in [0.1, 0.15) is 5.56 Å². The van der Waals surface area contributed by atoms with E-state index in [2.05, 4.69) is 35.2 Å². The first-order valence-corrected chi connectivity index (χ1v) is 10.7. The average Bonchev–Trinajstić information content (AvgIpc) is 3.07. The van der Waals surface area contributed by atoms with Crippen molar-refractivity contribution in [3.8, 4) is 0 Å². The van der Waals surface area contributed by atoms with Gasteiger partial charge < -0.3 is 19.8 Å². The summed E-state index contributed by atoms with van der Waals surface area (Å²) in [5.74, 6) is 0.768. The standard InChI is InChI=1S/C20H31N3O2S/c1-21-7-9-22(10-8-21)12-17-13-23(14-18(17)15-24)20(25)11-16-3-5-19(26-2)6-4-16/h3-6,17-18,24H,7-15H2,1-2H3/t17-,18-/m1/s1. The molecule has 3 rings (SSSR count). The van der Waals surface area contributed by atoms with Crippen LogP contribution in [-0.2, 0) is 11.2 Å². The second-order valence-electron chi connectivity index (χ2n) is 7.63. The molecule has 6 heteroatoms. The SMILES string of the molecule is CSc1ccc(CC(=O)N2C[C@@H](CN3CCN(C)CC3)[C@@H](CO)C2)cc1. The van der Waals surface area contributed by atoms with Gasteiger partial charge in [0.2, 0.25) is 5.91 Å². The lowest BCUT2D eigenvalue weighted by Crippen LogP contribution is -2.47. The Balaban J connectivity index is 1.54. The van der Waals surface area contributed by atoms with Gasteiger partial charge in [-0.05, 0) is 36.9 Å². The van der Waals surface area contributed by atoms with Crippen molar-refractivity contribution in [2.75, 3.05) is 65.7 Å². The number of hydrogen-bond acceptors (Lipinski definition) is 5. The van der Waals surface area contributed by atoms with Crippen LogP contribution in [0.4, 0.5) is 0 Å². The Kier molecular flexibility index (Phi) is 6.98. The molecule has 0 aliphatic carbocycles. The molecule has 0 spiro atoms. The van der Waals surface area contributed by atoms with Gasteiger partial charge in [0.05, 0.1) is 6.42 Å². The summed E-state index contributed by atoms with van der Waals surface area (Å²) in [6.45, 7) is 7.00. The molecule has 2 heterocycles. The zero-order chi connectivity index (χ0) is 18.5. The molecular formula is C20H31N3O2S. The number of aliphatic hydroxyl groups is 1. The number of benzene rings is 1. The van der Waals surface area contributed by atoms with Gasteiger partial charge in [-0.2, -0.15) is 0 Å². The van der Waals surface area contributed by atoms with Crippen LogP contribution in [-0.4, -0.2) is 91.4 Å². The van der Waals surface area contributed by atoms with Gasteiger partial charge in [0.15, 0.2) is 0 Å². The van der Waals surface area contributed by atoms with E-state index in [1.165, 1.54) is 4.90 Å². The monoisotopic (exact) mass is 377 g/mol. The van der Waals surface area contributed by atoms with E-state index in [0.717, 1.165) is 44.8 Å². The van der Waals surface area contributed by atoms with E-state index < -0.39 is 0 Å². The van der Waals surface area contributed by atoms with Gasteiger partial charge in [0.1, 0.15) is 0 Å². The fourth-order valence-corrected chi connectivity index (χ4v) is 4.36. The highest BCUT2D eigenvalue weighted by atomic mass is 32.2. The lowest BCUT2D eigenvalue weighted by atomic mass is 9.96. The van der Waals surface area contributed by atoms with Crippen LogP contribution >= 0.6 is 11.8 Å². The summed E-state index contributed by atoms with van der Waals surface area (Å²) < 4.78 is 0. The molecule has 1 amide bonds. The Morgan fingerprint density at radius 2 is 1.77 bits per heavy atom. The molecule has 1 aromatic carbocycles. The minimum absolute atomic E-state index is 0.171. The van der Waals surface area contributed by atoms with Crippen LogP contribution in [0.5, 0.6) is 0 Å². The van der Waals surface area contributed by atoms with Crippen molar-refractivity contribution in [1.82, 2.24) is 14.7 Å². The minimum Gasteiger partial charge on any atom is -0.396 e. The van der Waals surface area contributed by atoms with E-state index in [0.29, 0.717) is 18.9 Å². The summed E-state index contributed by atoms with van der Waals surface area (Å²) in [6.07, 6.45) is 2.51. The molecule has 2 aliphatic rings. The Labute approximate surface area is 161 Å². The number of carbonyl (C=O) groups is 1. The minimum atomic E-state index is 0.171. The van der Waals surface area contributed by atoms with Gasteiger partial charge in [-0.25, -0.2) is 0 Å². The van der Waals surface area contributed by atoms with Crippen LogP contribution in [0.15, 0.2) is 29.2 Å². The summed E-state index contributed by atoms with van der Waals surface area (Å²) in [7, 11) is 2.16. The fraction of sp³-hybridized carbons (Fsp3) is 0.650. The number of carbonyl (C=O) groups excluding carboxylic acids is 1. The summed E-state index contributed by atoms with van der Waals surface area (Å²) in [6, 6.07) is 8.24. The van der Waals surface area contributed by atoms with Crippen molar-refractivity contribution < 1.29 is 9.90 Å². The molecule has 5 nitrogen and oxygen atoms in total. The van der Waals surface area contributed by atoms with E-state index in [-0.39, 0.29) is 18.4 Å². The Bertz CT molecular complexity index is 587. The third-order valence-corrected chi connectivity index (χ3v) is 6.51. The fourth-order valence-electron chi connectivity index (χ4n) is 3.95. The lowest BCUT2D eigenvalue weighted by molar-refractivity contribution is -0.129. The van der Waals surface area contributed by atoms with E-state index in [4.69, 9.17) is 0 Å². The molecule has 2 saturated heterocycles. The quantitative estimate of drug-likeness (QED) is 0.757. The van der Waals surface area contributed by atoms with Gasteiger partial charge in [0.25, 0.3) is 0 Å². The van der Waals surface area contributed by atoms with Gasteiger partial charge in [0, 0.05) is 63.2 Å². The van der Waals surface area contributed by atoms with Gasteiger partial charge >= 0.3 is 0 Å². The van der Waals surface area contributed by atoms with Gasteiger partial charge in [-0.15, -0.1) is 11.8 Å². The molecule has 0 bridgehead atoms. The topological polar surface area (TPSA) is 47.0 Å². The largest absolute Gasteiger partial charge is 0.396 e. The summed E-state index contributed by atoms with van der Waals surface area (Å²) in [5.41, 5.74) is 1.07. The summed E-state index contributed by atoms with van der Waals surface area (Å²) >= 11 is 1.71. The van der Waals surface area contributed by atoms with Crippen molar-refractivity contribution in [2.24, 2.45) is 11.8 Å². The normalized spacial score (nSPS) is 25.0. The van der Waals surface area contributed by atoms with Crippen LogP contribution in [0.25, 0.3) is 0 Å². The average molecular weight is 378 g/mol. The number of likely N-dealkylation sites (tertiary alicyclic amines) is 1. The van der Waals surface area contributed by atoms with Gasteiger partial charge in [-0.1, -0.05) is 12.1 Å². The number of aliphatic hydroxyl groups excluding tert-OH is 1. The molecule has 0 unspecified atom stereocenters. The highest BCUT2D eigenvalue weighted by Gasteiger charge is 2.35. The van der Waals surface area contributed by atoms with E-state index in [9.17, 15) is 9.90 Å². The molecule has 2 fully saturated rings. The third kappa shape index (κ3) is 5.00. The molecule has 0 radical (unpaired) electrons. The molecule has 144 valence electrons. The molecular weight excluding hydrogens is 346 g/mol. The maximum atomic E-state index is 12.7. The number of hydrogen-bond donors (Lipinski definition) is 1. The summed E-state index contributed by atoms with van der Waals surface area (Å²) in [5, 5.41) is 9.79. The molecule has 2 aliphatic heterocycles. The lowest BCUT2D eigenvalue weighted by Gasteiger charge is -2.34. The Morgan fingerprint density at radius 1 is 1.12 bits per heavy atom. The Hall–Kier alpha value is -1.08. The van der Waals surface area contributed by atoms with Gasteiger partial charge in [-0.3, -0.25) is 4.79 Å². The van der Waals surface area contributed by atoms with Crippen LogP contribution < -0.4 is 0 Å². The predicted molar refractivity (Wildman–Crippen MR) is 107 cm³/mol. The van der Waals surface area contributed by atoms with Crippen molar-refractivity contribution in [3.05, 3.63) is 29.8 Å². The highest BCUT2D eigenvalue weighted by Crippen LogP contribution is 2.25. The molecule has 1 N–H and O–H groups in total. The van der Waals surface area contributed by atoms with E-state index in [1.54, 1.807) is 11.8 Å². The van der Waals surface area contributed by atoms with Crippen LogP contribution in [0.2, 0.25) is 0 Å². The van der Waals surface area contributed by atoms with Crippen LogP contribution in [0.3, 0.4) is 0 Å². The third-order valence-electron chi connectivity index (χ3n) is 5.77. The molecule has 2 atom stereocenters. The molecule has 26 heavy (non-hydrogen) atoms. The first kappa shape index (κ1) is 19.7. The number of rotatable bonds is 6. The van der Waals surface area contributed by atoms with Crippen molar-refractivity contribution in [2.45, 2.75) is 11.3 Å². The van der Waals surface area contributed by atoms with Crippen molar-refractivity contribution in [1.29, 1.82) is 0 Å². The zero-order valence-electron chi connectivity index (χ0n) is 15.9. The molecule has 0 saturated carbocycles. The number of thioether (sulfide) groups is 1.